The van der Waals surface area contributed by atoms with E-state index in [1.165, 1.54) is 35.6 Å². The van der Waals surface area contributed by atoms with Gasteiger partial charge >= 0.3 is 6.09 Å². The Bertz CT molecular complexity index is 662. The minimum Gasteiger partial charge on any atom is -0.444 e. The average molecular weight is 324 g/mol. The third-order valence-corrected chi connectivity index (χ3v) is 3.36. The SMILES string of the molecule is Cc1nc(Oc2ccc(F)cc2)sc1NC(=O)OC(C)(C)C. The number of halogens is 1. The van der Waals surface area contributed by atoms with Crippen molar-refractivity contribution in [2.24, 2.45) is 0 Å². The summed E-state index contributed by atoms with van der Waals surface area (Å²) in [6.07, 6.45) is -0.549. The summed E-state index contributed by atoms with van der Waals surface area (Å²) in [5.41, 5.74) is 0.0452. The Balaban J connectivity index is 2.05. The molecule has 22 heavy (non-hydrogen) atoms. The first-order valence-corrected chi connectivity index (χ1v) is 7.45. The van der Waals surface area contributed by atoms with Crippen LogP contribution in [0.3, 0.4) is 0 Å². The molecule has 1 aromatic carbocycles. The first-order valence-electron chi connectivity index (χ1n) is 6.64. The smallest absolute Gasteiger partial charge is 0.412 e. The Hall–Kier alpha value is -2.15. The van der Waals surface area contributed by atoms with Gasteiger partial charge in [0.1, 0.15) is 22.2 Å². The predicted molar refractivity (Wildman–Crippen MR) is 83.2 cm³/mol. The summed E-state index contributed by atoms with van der Waals surface area (Å²) in [4.78, 5) is 16.0. The molecule has 0 atom stereocenters. The maximum atomic E-state index is 12.8. The minimum absolute atomic E-state index is 0.338. The highest BCUT2D eigenvalue weighted by Crippen LogP contribution is 2.33. The van der Waals surface area contributed by atoms with Gasteiger partial charge in [0.25, 0.3) is 5.19 Å². The zero-order chi connectivity index (χ0) is 16.3. The molecular formula is C15H17FN2O3S. The molecule has 2 rings (SSSR count). The van der Waals surface area contributed by atoms with Gasteiger partial charge in [0, 0.05) is 0 Å². The molecule has 1 amide bonds. The van der Waals surface area contributed by atoms with Gasteiger partial charge in [-0.2, -0.15) is 0 Å². The lowest BCUT2D eigenvalue weighted by Crippen LogP contribution is -2.27. The van der Waals surface area contributed by atoms with Crippen LogP contribution in [0.15, 0.2) is 24.3 Å². The number of aryl methyl sites for hydroxylation is 1. The minimum atomic E-state index is -0.573. The van der Waals surface area contributed by atoms with Gasteiger partial charge in [-0.15, -0.1) is 0 Å². The average Bonchev–Trinajstić information content (AvgIpc) is 2.70. The lowest BCUT2D eigenvalue weighted by Gasteiger charge is -2.19. The van der Waals surface area contributed by atoms with E-state index in [4.69, 9.17) is 9.47 Å². The molecule has 0 saturated heterocycles. The van der Waals surface area contributed by atoms with Crippen molar-refractivity contribution in [2.75, 3.05) is 5.32 Å². The molecule has 0 saturated carbocycles. The molecule has 1 N–H and O–H groups in total. The van der Waals surface area contributed by atoms with Crippen LogP contribution in [0.25, 0.3) is 0 Å². The summed E-state index contributed by atoms with van der Waals surface area (Å²) in [5.74, 6) is 0.133. The molecule has 0 aliphatic heterocycles. The summed E-state index contributed by atoms with van der Waals surface area (Å²) >= 11 is 1.17. The fraction of sp³-hybridized carbons (Fsp3) is 0.333. The molecular weight excluding hydrogens is 307 g/mol. The third kappa shape index (κ3) is 4.70. The van der Waals surface area contributed by atoms with E-state index in [1.807, 2.05) is 0 Å². The number of ether oxygens (including phenoxy) is 2. The zero-order valence-corrected chi connectivity index (χ0v) is 13.6. The standard InChI is InChI=1S/C15H17FN2O3S/c1-9-12(18-13(19)21-15(2,3)4)22-14(17-9)20-11-7-5-10(16)6-8-11/h5-8H,1-4H3,(H,18,19). The Kier molecular flexibility index (Phi) is 4.65. The summed E-state index contributed by atoms with van der Waals surface area (Å²) in [7, 11) is 0. The molecule has 2 aromatic rings. The molecule has 0 aliphatic rings. The lowest BCUT2D eigenvalue weighted by atomic mass is 10.2. The maximum absolute atomic E-state index is 12.8. The Labute approximate surface area is 132 Å². The van der Waals surface area contributed by atoms with Gasteiger partial charge in [-0.1, -0.05) is 11.3 Å². The summed E-state index contributed by atoms with van der Waals surface area (Å²) in [6, 6.07) is 5.62. The van der Waals surface area contributed by atoms with Gasteiger partial charge in [0.2, 0.25) is 0 Å². The molecule has 5 nitrogen and oxygen atoms in total. The summed E-state index contributed by atoms with van der Waals surface area (Å²) in [5, 5.41) is 3.54. The van der Waals surface area contributed by atoms with E-state index in [9.17, 15) is 9.18 Å². The van der Waals surface area contributed by atoms with Crippen molar-refractivity contribution in [3.63, 3.8) is 0 Å². The summed E-state index contributed by atoms with van der Waals surface area (Å²) < 4.78 is 23.6. The molecule has 0 fully saturated rings. The maximum Gasteiger partial charge on any atom is 0.412 e. The highest BCUT2D eigenvalue weighted by Gasteiger charge is 2.18. The Morgan fingerprint density at radius 1 is 1.27 bits per heavy atom. The first-order chi connectivity index (χ1) is 10.2. The number of carbonyl (C=O) groups is 1. The second-order valence-electron chi connectivity index (χ2n) is 5.58. The van der Waals surface area contributed by atoms with Gasteiger partial charge in [-0.25, -0.2) is 14.2 Å². The van der Waals surface area contributed by atoms with E-state index in [0.29, 0.717) is 21.6 Å². The van der Waals surface area contributed by atoms with E-state index >= 15 is 0 Å². The predicted octanol–water partition coefficient (Wildman–Crippen LogP) is 4.73. The van der Waals surface area contributed by atoms with Crippen molar-refractivity contribution in [3.8, 4) is 10.9 Å². The van der Waals surface area contributed by atoms with Gasteiger partial charge in [0.05, 0.1) is 5.69 Å². The number of rotatable bonds is 3. The van der Waals surface area contributed by atoms with E-state index in [1.54, 1.807) is 27.7 Å². The van der Waals surface area contributed by atoms with Crippen LogP contribution in [0, 0.1) is 12.7 Å². The van der Waals surface area contributed by atoms with Gasteiger partial charge in [-0.05, 0) is 52.0 Å². The molecule has 1 heterocycles. The number of nitrogens with zero attached hydrogens (tertiary/aromatic N) is 1. The normalized spacial score (nSPS) is 11.1. The van der Waals surface area contributed by atoms with Crippen LogP contribution in [0.2, 0.25) is 0 Å². The van der Waals surface area contributed by atoms with Gasteiger partial charge in [-0.3, -0.25) is 5.32 Å². The number of thiazole rings is 1. The lowest BCUT2D eigenvalue weighted by molar-refractivity contribution is 0.0636. The van der Waals surface area contributed by atoms with Crippen LogP contribution >= 0.6 is 11.3 Å². The van der Waals surface area contributed by atoms with Crippen LogP contribution in [0.1, 0.15) is 26.5 Å². The van der Waals surface area contributed by atoms with Crippen molar-refractivity contribution in [2.45, 2.75) is 33.3 Å². The van der Waals surface area contributed by atoms with Gasteiger partial charge < -0.3 is 9.47 Å². The highest BCUT2D eigenvalue weighted by atomic mass is 32.1. The van der Waals surface area contributed by atoms with Crippen molar-refractivity contribution >= 4 is 22.4 Å². The number of carbonyl (C=O) groups excluding carboxylic acids is 1. The fourth-order valence-corrected chi connectivity index (χ4v) is 2.35. The van der Waals surface area contributed by atoms with Crippen molar-refractivity contribution in [3.05, 3.63) is 35.8 Å². The summed E-state index contributed by atoms with van der Waals surface area (Å²) in [6.45, 7) is 7.11. The second-order valence-corrected chi connectivity index (χ2v) is 6.54. The number of amides is 1. The van der Waals surface area contributed by atoms with Crippen molar-refractivity contribution in [1.29, 1.82) is 0 Å². The first kappa shape index (κ1) is 16.2. The Morgan fingerprint density at radius 3 is 2.50 bits per heavy atom. The molecule has 0 radical (unpaired) electrons. The van der Waals surface area contributed by atoms with E-state index < -0.39 is 11.7 Å². The quantitative estimate of drug-likeness (QED) is 0.886. The van der Waals surface area contributed by atoms with Crippen LogP contribution in [0.4, 0.5) is 14.2 Å². The molecule has 7 heteroatoms. The molecule has 118 valence electrons. The largest absolute Gasteiger partial charge is 0.444 e. The van der Waals surface area contributed by atoms with Crippen LogP contribution in [-0.2, 0) is 4.74 Å². The van der Waals surface area contributed by atoms with Crippen molar-refractivity contribution in [1.82, 2.24) is 4.98 Å². The highest BCUT2D eigenvalue weighted by molar-refractivity contribution is 7.17. The van der Waals surface area contributed by atoms with Crippen LogP contribution < -0.4 is 10.1 Å². The third-order valence-electron chi connectivity index (χ3n) is 2.41. The van der Waals surface area contributed by atoms with E-state index in [0.717, 1.165) is 0 Å². The van der Waals surface area contributed by atoms with Gasteiger partial charge in [0.15, 0.2) is 0 Å². The van der Waals surface area contributed by atoms with E-state index in [2.05, 4.69) is 10.3 Å². The molecule has 0 bridgehead atoms. The number of aromatic nitrogens is 1. The second kappa shape index (κ2) is 6.31. The van der Waals surface area contributed by atoms with Crippen molar-refractivity contribution < 1.29 is 18.7 Å². The monoisotopic (exact) mass is 324 g/mol. The zero-order valence-electron chi connectivity index (χ0n) is 12.8. The number of hydrogen-bond donors (Lipinski definition) is 1. The molecule has 0 aliphatic carbocycles. The van der Waals surface area contributed by atoms with Crippen LogP contribution in [-0.4, -0.2) is 16.7 Å². The molecule has 1 aromatic heterocycles. The topological polar surface area (TPSA) is 60.5 Å². The fourth-order valence-electron chi connectivity index (χ4n) is 1.53. The molecule has 0 unspecified atom stereocenters. The van der Waals surface area contributed by atoms with E-state index in [-0.39, 0.29) is 5.82 Å². The number of hydrogen-bond acceptors (Lipinski definition) is 5. The number of benzene rings is 1. The Morgan fingerprint density at radius 2 is 1.91 bits per heavy atom. The number of nitrogens with one attached hydrogen (secondary N) is 1. The number of anilines is 1. The van der Waals surface area contributed by atoms with Crippen LogP contribution in [0.5, 0.6) is 10.9 Å². The molecule has 0 spiro atoms.